The number of aliphatic carboxylic acids is 1. The van der Waals surface area contributed by atoms with Gasteiger partial charge in [0.1, 0.15) is 6.54 Å². The van der Waals surface area contributed by atoms with Gasteiger partial charge < -0.3 is 14.4 Å². The first-order chi connectivity index (χ1) is 9.08. The molecule has 0 saturated carbocycles. The van der Waals surface area contributed by atoms with Crippen LogP contribution in [0, 0.1) is 0 Å². The molecule has 1 N–H and O–H groups in total. The summed E-state index contributed by atoms with van der Waals surface area (Å²) in [5, 5.41) is 15.9. The second-order valence-corrected chi connectivity index (χ2v) is 3.88. The van der Waals surface area contributed by atoms with E-state index in [1.807, 2.05) is 0 Å². The summed E-state index contributed by atoms with van der Waals surface area (Å²) in [4.78, 5) is 23.6. The van der Waals surface area contributed by atoms with Crippen LogP contribution in [0.4, 0.5) is 0 Å². The van der Waals surface area contributed by atoms with E-state index in [2.05, 4.69) is 10.2 Å². The van der Waals surface area contributed by atoms with Crippen LogP contribution < -0.4 is 0 Å². The summed E-state index contributed by atoms with van der Waals surface area (Å²) in [6.45, 7) is -0.343. The fourth-order valence-corrected chi connectivity index (χ4v) is 1.55. The molecule has 2 rings (SSSR count). The summed E-state index contributed by atoms with van der Waals surface area (Å²) in [7, 11) is 1.43. The number of hydrogen-bond acceptors (Lipinski definition) is 5. The van der Waals surface area contributed by atoms with Crippen LogP contribution in [-0.2, 0) is 4.79 Å². The summed E-state index contributed by atoms with van der Waals surface area (Å²) < 4.78 is 5.02. The molecule has 0 aliphatic carbocycles. The van der Waals surface area contributed by atoms with Gasteiger partial charge in [-0.05, 0) is 24.3 Å². The minimum Gasteiger partial charge on any atom is -0.480 e. The molecule has 0 unspecified atom stereocenters. The highest BCUT2D eigenvalue weighted by Crippen LogP contribution is 2.17. The van der Waals surface area contributed by atoms with Crippen LogP contribution in [0.25, 0.3) is 11.5 Å². The predicted molar refractivity (Wildman–Crippen MR) is 64.3 cm³/mol. The largest absolute Gasteiger partial charge is 0.480 e. The molecule has 1 aromatic carbocycles. The minimum atomic E-state index is -1.06. The highest BCUT2D eigenvalue weighted by atomic mass is 16.4. The van der Waals surface area contributed by atoms with Crippen molar-refractivity contribution in [3.8, 4) is 11.5 Å². The van der Waals surface area contributed by atoms with Gasteiger partial charge in [0.05, 0.1) is 0 Å². The van der Waals surface area contributed by atoms with Gasteiger partial charge in [-0.3, -0.25) is 9.59 Å². The van der Waals surface area contributed by atoms with Gasteiger partial charge in [-0.25, -0.2) is 0 Å². The first kappa shape index (κ1) is 12.7. The van der Waals surface area contributed by atoms with E-state index >= 15 is 0 Å². The van der Waals surface area contributed by atoms with Crippen molar-refractivity contribution in [2.45, 2.75) is 0 Å². The van der Waals surface area contributed by atoms with Crippen LogP contribution in [0.5, 0.6) is 0 Å². The number of carbonyl (C=O) groups is 2. The number of carboxylic acid groups (broad SMARTS) is 1. The Balaban J connectivity index is 2.14. The van der Waals surface area contributed by atoms with Gasteiger partial charge in [-0.15, -0.1) is 10.2 Å². The molecule has 0 bridgehead atoms. The molecule has 0 aliphatic rings. The molecule has 0 radical (unpaired) electrons. The van der Waals surface area contributed by atoms with Crippen LogP contribution in [-0.4, -0.2) is 45.7 Å². The summed E-state index contributed by atoms with van der Waals surface area (Å²) in [5.74, 6) is -1.06. The molecule has 0 atom stereocenters. The SMILES string of the molecule is CN(CC(=O)O)C(=O)c1ccc(-c2nnco2)cc1. The van der Waals surface area contributed by atoms with Crippen LogP contribution in [0.1, 0.15) is 10.4 Å². The molecule has 0 spiro atoms. The smallest absolute Gasteiger partial charge is 0.323 e. The van der Waals surface area contributed by atoms with Crippen LogP contribution in [0.2, 0.25) is 0 Å². The second-order valence-electron chi connectivity index (χ2n) is 3.88. The Hall–Kier alpha value is -2.70. The van der Waals surface area contributed by atoms with Gasteiger partial charge in [0, 0.05) is 18.2 Å². The van der Waals surface area contributed by atoms with Crippen molar-refractivity contribution in [2.75, 3.05) is 13.6 Å². The molecular weight excluding hydrogens is 250 g/mol. The van der Waals surface area contributed by atoms with Crippen LogP contribution >= 0.6 is 0 Å². The Morgan fingerprint density at radius 2 is 2.00 bits per heavy atom. The van der Waals surface area contributed by atoms with Gasteiger partial charge in [0.25, 0.3) is 5.91 Å². The molecule has 98 valence electrons. The summed E-state index contributed by atoms with van der Waals surface area (Å²) in [6.07, 6.45) is 1.22. The Kier molecular flexibility index (Phi) is 3.56. The molecule has 2 aromatic rings. The molecule has 1 amide bonds. The van der Waals surface area contributed by atoms with E-state index in [0.29, 0.717) is 17.0 Å². The normalized spacial score (nSPS) is 10.2. The molecule has 19 heavy (non-hydrogen) atoms. The lowest BCUT2D eigenvalue weighted by atomic mass is 10.1. The number of likely N-dealkylation sites (N-methyl/N-ethyl adjacent to an activating group) is 1. The fraction of sp³-hybridized carbons (Fsp3) is 0.167. The molecular formula is C12H11N3O4. The average Bonchev–Trinajstić information content (AvgIpc) is 2.91. The first-order valence-electron chi connectivity index (χ1n) is 5.42. The lowest BCUT2D eigenvalue weighted by Crippen LogP contribution is -2.31. The third kappa shape index (κ3) is 2.95. The van der Waals surface area contributed by atoms with Crippen molar-refractivity contribution in [3.05, 3.63) is 36.2 Å². The van der Waals surface area contributed by atoms with Gasteiger partial charge in [0.2, 0.25) is 12.3 Å². The number of rotatable bonds is 4. The lowest BCUT2D eigenvalue weighted by molar-refractivity contribution is -0.137. The maximum Gasteiger partial charge on any atom is 0.323 e. The highest BCUT2D eigenvalue weighted by molar-refractivity contribution is 5.95. The average molecular weight is 261 g/mol. The van der Waals surface area contributed by atoms with Gasteiger partial charge in [-0.1, -0.05) is 0 Å². The number of carboxylic acids is 1. The topological polar surface area (TPSA) is 96.5 Å². The molecule has 1 heterocycles. The van der Waals surface area contributed by atoms with E-state index in [0.717, 1.165) is 4.90 Å². The molecule has 0 fully saturated rings. The maximum absolute atomic E-state index is 11.9. The summed E-state index contributed by atoms with van der Waals surface area (Å²) >= 11 is 0. The van der Waals surface area contributed by atoms with Crippen LogP contribution in [0.15, 0.2) is 35.1 Å². The van der Waals surface area contributed by atoms with E-state index < -0.39 is 5.97 Å². The third-order valence-corrected chi connectivity index (χ3v) is 2.46. The minimum absolute atomic E-state index is 0.343. The van der Waals surface area contributed by atoms with Crippen molar-refractivity contribution < 1.29 is 19.1 Å². The number of carbonyl (C=O) groups excluding carboxylic acids is 1. The lowest BCUT2D eigenvalue weighted by Gasteiger charge is -2.14. The van der Waals surface area contributed by atoms with Crippen LogP contribution in [0.3, 0.4) is 0 Å². The van der Waals surface area contributed by atoms with E-state index in [-0.39, 0.29) is 12.5 Å². The monoisotopic (exact) mass is 261 g/mol. The number of benzene rings is 1. The molecule has 0 aliphatic heterocycles. The zero-order chi connectivity index (χ0) is 13.8. The summed E-state index contributed by atoms with van der Waals surface area (Å²) in [6, 6.07) is 6.49. The number of amides is 1. The summed E-state index contributed by atoms with van der Waals surface area (Å²) in [5.41, 5.74) is 1.09. The molecule has 1 aromatic heterocycles. The van der Waals surface area contributed by atoms with Crippen molar-refractivity contribution >= 4 is 11.9 Å². The highest BCUT2D eigenvalue weighted by Gasteiger charge is 2.14. The van der Waals surface area contributed by atoms with Crippen molar-refractivity contribution in [2.24, 2.45) is 0 Å². The van der Waals surface area contributed by atoms with E-state index in [4.69, 9.17) is 9.52 Å². The zero-order valence-corrected chi connectivity index (χ0v) is 10.1. The Labute approximate surface area is 108 Å². The Morgan fingerprint density at radius 1 is 1.32 bits per heavy atom. The molecule has 7 heteroatoms. The van der Waals surface area contributed by atoms with E-state index in [9.17, 15) is 9.59 Å². The number of aromatic nitrogens is 2. The van der Waals surface area contributed by atoms with Crippen molar-refractivity contribution in [3.63, 3.8) is 0 Å². The maximum atomic E-state index is 11.9. The van der Waals surface area contributed by atoms with E-state index in [1.54, 1.807) is 24.3 Å². The predicted octanol–water partition coefficient (Wildman–Crippen LogP) is 0.893. The Morgan fingerprint density at radius 3 is 2.53 bits per heavy atom. The zero-order valence-electron chi connectivity index (χ0n) is 10.1. The Bertz CT molecular complexity index is 578. The number of hydrogen-bond donors (Lipinski definition) is 1. The molecule has 7 nitrogen and oxygen atoms in total. The van der Waals surface area contributed by atoms with Gasteiger partial charge in [-0.2, -0.15) is 0 Å². The fourth-order valence-electron chi connectivity index (χ4n) is 1.55. The van der Waals surface area contributed by atoms with E-state index in [1.165, 1.54) is 13.4 Å². The van der Waals surface area contributed by atoms with Crippen molar-refractivity contribution in [1.82, 2.24) is 15.1 Å². The molecule has 0 saturated heterocycles. The second kappa shape index (κ2) is 5.30. The quantitative estimate of drug-likeness (QED) is 0.878. The standard InChI is InChI=1S/C12H11N3O4/c1-15(6-10(16)17)12(18)9-4-2-8(3-5-9)11-14-13-7-19-11/h2-5,7H,6H2,1H3,(H,16,17). The van der Waals surface area contributed by atoms with Gasteiger partial charge >= 0.3 is 5.97 Å². The third-order valence-electron chi connectivity index (χ3n) is 2.46. The van der Waals surface area contributed by atoms with Crippen molar-refractivity contribution in [1.29, 1.82) is 0 Å². The van der Waals surface area contributed by atoms with Gasteiger partial charge in [0.15, 0.2) is 0 Å². The number of nitrogens with zero attached hydrogens (tertiary/aromatic N) is 3. The first-order valence-corrected chi connectivity index (χ1v) is 5.42.